The number of likely N-dealkylation sites (N-methyl/N-ethyl adjacent to an activating group) is 1. The first-order valence-electron chi connectivity index (χ1n) is 6.23. The monoisotopic (exact) mass is 304 g/mol. The van der Waals surface area contributed by atoms with Crippen LogP contribution in [-0.4, -0.2) is 40.4 Å². The van der Waals surface area contributed by atoms with Crippen molar-refractivity contribution in [2.24, 2.45) is 5.84 Å². The molecule has 1 fully saturated rings. The third-order valence-electron chi connectivity index (χ3n) is 3.11. The molecule has 0 saturated carbocycles. The number of likely N-dealkylation sites (tertiary alicyclic amines) is 1. The van der Waals surface area contributed by atoms with Crippen LogP contribution < -0.4 is 16.6 Å². The van der Waals surface area contributed by atoms with E-state index in [9.17, 15) is 18.0 Å². The molecule has 1 saturated heterocycles. The normalized spacial score (nSPS) is 19.6. The summed E-state index contributed by atoms with van der Waals surface area (Å²) in [6.07, 6.45) is -3.80. The Morgan fingerprint density at radius 3 is 2.62 bits per heavy atom. The second kappa shape index (κ2) is 5.72. The second-order valence-electron chi connectivity index (χ2n) is 4.76. The summed E-state index contributed by atoms with van der Waals surface area (Å²) in [5, 5.41) is 2.88. The van der Waals surface area contributed by atoms with Crippen molar-refractivity contribution in [2.75, 3.05) is 24.3 Å². The molecule has 10 heteroatoms. The molecule has 0 aliphatic carbocycles. The molecule has 1 amide bonds. The van der Waals surface area contributed by atoms with Gasteiger partial charge in [0.2, 0.25) is 11.7 Å². The molecule has 7 nitrogen and oxygen atoms in total. The number of hydrazine groups is 1. The first kappa shape index (κ1) is 15.3. The highest BCUT2D eigenvalue weighted by atomic mass is 19.4. The molecule has 1 aliphatic rings. The second-order valence-corrected chi connectivity index (χ2v) is 4.76. The molecule has 0 spiro atoms. The molecule has 0 aromatic carbocycles. The number of rotatable bonds is 3. The number of nitrogens with zero attached hydrogens (tertiary/aromatic N) is 3. The van der Waals surface area contributed by atoms with E-state index in [2.05, 4.69) is 20.7 Å². The van der Waals surface area contributed by atoms with Gasteiger partial charge in [-0.25, -0.2) is 15.8 Å². The Hall–Kier alpha value is -2.10. The molecule has 0 bridgehead atoms. The summed E-state index contributed by atoms with van der Waals surface area (Å²) < 4.78 is 38.1. The van der Waals surface area contributed by atoms with Gasteiger partial charge < -0.3 is 15.6 Å². The van der Waals surface area contributed by atoms with Gasteiger partial charge >= 0.3 is 6.18 Å². The zero-order valence-corrected chi connectivity index (χ0v) is 11.2. The smallest absolute Gasteiger partial charge is 0.365 e. The van der Waals surface area contributed by atoms with Gasteiger partial charge in [-0.1, -0.05) is 0 Å². The number of nitrogens with one attached hydrogen (secondary N) is 2. The third-order valence-corrected chi connectivity index (χ3v) is 3.11. The van der Waals surface area contributed by atoms with Crippen LogP contribution in [-0.2, 0) is 11.0 Å². The minimum Gasteiger partial charge on any atom is -0.365 e. The van der Waals surface area contributed by atoms with Gasteiger partial charge in [-0.15, -0.1) is 0 Å². The summed E-state index contributed by atoms with van der Waals surface area (Å²) in [4.78, 5) is 19.6. The Labute approximate surface area is 118 Å². The maximum atomic E-state index is 12.7. The van der Waals surface area contributed by atoms with Crippen molar-refractivity contribution in [2.45, 2.75) is 25.1 Å². The average molecular weight is 304 g/mol. The zero-order chi connectivity index (χ0) is 15.6. The molecule has 1 unspecified atom stereocenters. The first-order valence-corrected chi connectivity index (χ1v) is 6.23. The van der Waals surface area contributed by atoms with Crippen LogP contribution in [0.15, 0.2) is 6.07 Å². The Kier molecular flexibility index (Phi) is 4.16. The molecule has 0 radical (unpaired) electrons. The molecule has 2 rings (SSSR count). The lowest BCUT2D eigenvalue weighted by molar-refractivity contribution is -0.144. The van der Waals surface area contributed by atoms with Gasteiger partial charge in [0, 0.05) is 32.1 Å². The number of nitrogens with two attached hydrogens (primary N) is 1. The fourth-order valence-electron chi connectivity index (χ4n) is 2.06. The lowest BCUT2D eigenvalue weighted by Crippen LogP contribution is -2.43. The van der Waals surface area contributed by atoms with E-state index in [4.69, 9.17) is 5.84 Å². The largest absolute Gasteiger partial charge is 0.451 e. The van der Waals surface area contributed by atoms with Crippen molar-refractivity contribution >= 4 is 17.5 Å². The van der Waals surface area contributed by atoms with Crippen molar-refractivity contribution in [3.05, 3.63) is 11.9 Å². The minimum absolute atomic E-state index is 0.0102. The number of piperidine rings is 1. The fraction of sp³-hybridized carbons (Fsp3) is 0.545. The summed E-state index contributed by atoms with van der Waals surface area (Å²) in [7, 11) is 1.64. The van der Waals surface area contributed by atoms with E-state index in [0.29, 0.717) is 19.4 Å². The number of hydrogen-bond donors (Lipinski definition) is 3. The highest BCUT2D eigenvalue weighted by Crippen LogP contribution is 2.28. The van der Waals surface area contributed by atoms with Crippen molar-refractivity contribution < 1.29 is 18.0 Å². The summed E-state index contributed by atoms with van der Waals surface area (Å²) in [6.45, 7) is 0.398. The van der Waals surface area contributed by atoms with Crippen LogP contribution in [0.25, 0.3) is 0 Å². The number of hydrogen-bond acceptors (Lipinski definition) is 6. The molecule has 1 aromatic rings. The van der Waals surface area contributed by atoms with Crippen LogP contribution in [0.1, 0.15) is 18.7 Å². The van der Waals surface area contributed by atoms with Gasteiger partial charge in [-0.2, -0.15) is 13.2 Å². The Balaban J connectivity index is 2.18. The quantitative estimate of drug-likeness (QED) is 0.565. The molecule has 2 heterocycles. The van der Waals surface area contributed by atoms with E-state index >= 15 is 0 Å². The highest BCUT2D eigenvalue weighted by Gasteiger charge is 2.35. The molecular formula is C11H15F3N6O. The van der Waals surface area contributed by atoms with Crippen molar-refractivity contribution in [3.8, 4) is 0 Å². The molecule has 116 valence electrons. The van der Waals surface area contributed by atoms with E-state index in [0.717, 1.165) is 0 Å². The number of nitrogen functional groups attached to an aromatic ring is 1. The van der Waals surface area contributed by atoms with E-state index in [1.807, 2.05) is 0 Å². The standard InChI is InChI=1S/C11H15F3N6O/c1-20-5-6(2-3-9(20)21)16-7-4-8(19-15)18-10(17-7)11(12,13)14/h4,6H,2-3,5,15H2,1H3,(H2,16,17,18,19). The molecule has 21 heavy (non-hydrogen) atoms. The van der Waals surface area contributed by atoms with Crippen LogP contribution >= 0.6 is 0 Å². The molecule has 1 aliphatic heterocycles. The van der Waals surface area contributed by atoms with Crippen molar-refractivity contribution in [1.29, 1.82) is 0 Å². The van der Waals surface area contributed by atoms with Crippen LogP contribution in [0.2, 0.25) is 0 Å². The number of alkyl halides is 3. The van der Waals surface area contributed by atoms with Gasteiger partial charge in [0.25, 0.3) is 0 Å². The Morgan fingerprint density at radius 1 is 1.38 bits per heavy atom. The van der Waals surface area contributed by atoms with Crippen LogP contribution in [0.5, 0.6) is 0 Å². The maximum absolute atomic E-state index is 12.7. The lowest BCUT2D eigenvalue weighted by atomic mass is 10.1. The average Bonchev–Trinajstić information content (AvgIpc) is 2.41. The topological polar surface area (TPSA) is 96.2 Å². The van der Waals surface area contributed by atoms with Gasteiger partial charge in [0.05, 0.1) is 0 Å². The number of amides is 1. The van der Waals surface area contributed by atoms with E-state index < -0.39 is 12.0 Å². The molecular weight excluding hydrogens is 289 g/mol. The highest BCUT2D eigenvalue weighted by molar-refractivity contribution is 5.77. The lowest BCUT2D eigenvalue weighted by Gasteiger charge is -2.30. The molecule has 4 N–H and O–H groups in total. The molecule has 1 atom stereocenters. The number of halogens is 3. The first-order chi connectivity index (χ1) is 9.79. The van der Waals surface area contributed by atoms with Crippen LogP contribution in [0, 0.1) is 0 Å². The SMILES string of the molecule is CN1CC(Nc2cc(NN)nc(C(F)(F)F)n2)CCC1=O. The number of anilines is 2. The summed E-state index contributed by atoms with van der Waals surface area (Å²) >= 11 is 0. The van der Waals surface area contributed by atoms with Gasteiger partial charge in [-0.05, 0) is 6.42 Å². The molecule has 1 aromatic heterocycles. The Morgan fingerprint density at radius 2 is 2.05 bits per heavy atom. The van der Waals surface area contributed by atoms with Gasteiger partial charge in [-0.3, -0.25) is 4.79 Å². The van der Waals surface area contributed by atoms with Crippen molar-refractivity contribution in [1.82, 2.24) is 14.9 Å². The summed E-state index contributed by atoms with van der Waals surface area (Å²) in [6, 6.07) is 1.11. The maximum Gasteiger partial charge on any atom is 0.451 e. The van der Waals surface area contributed by atoms with E-state index in [-0.39, 0.29) is 23.6 Å². The van der Waals surface area contributed by atoms with Gasteiger partial charge in [0.1, 0.15) is 11.6 Å². The van der Waals surface area contributed by atoms with Crippen LogP contribution in [0.4, 0.5) is 24.8 Å². The third kappa shape index (κ3) is 3.72. The predicted molar refractivity (Wildman–Crippen MR) is 69.1 cm³/mol. The van der Waals surface area contributed by atoms with Crippen LogP contribution in [0.3, 0.4) is 0 Å². The number of aromatic nitrogens is 2. The minimum atomic E-state index is -4.66. The Bertz CT molecular complexity index is 535. The van der Waals surface area contributed by atoms with Gasteiger partial charge in [0.15, 0.2) is 0 Å². The van der Waals surface area contributed by atoms with E-state index in [1.54, 1.807) is 7.05 Å². The predicted octanol–water partition coefficient (Wildman–Crippen LogP) is 0.814. The number of carbonyl (C=O) groups is 1. The number of carbonyl (C=O) groups excluding carboxylic acids is 1. The fourth-order valence-corrected chi connectivity index (χ4v) is 2.06. The van der Waals surface area contributed by atoms with E-state index in [1.165, 1.54) is 11.0 Å². The summed E-state index contributed by atoms with van der Waals surface area (Å²) in [5.74, 6) is 3.72. The zero-order valence-electron chi connectivity index (χ0n) is 11.2. The summed E-state index contributed by atoms with van der Waals surface area (Å²) in [5.41, 5.74) is 2.08. The van der Waals surface area contributed by atoms with Crippen molar-refractivity contribution in [3.63, 3.8) is 0 Å².